The van der Waals surface area contributed by atoms with Crippen molar-refractivity contribution >= 4 is 43.7 Å². The van der Waals surface area contributed by atoms with E-state index in [9.17, 15) is 40.3 Å². The lowest BCUT2D eigenvalue weighted by molar-refractivity contribution is -0.148. The van der Waals surface area contributed by atoms with Gasteiger partial charge in [-0.25, -0.2) is 22.5 Å². The molecular weight excluding hydrogens is 847 g/mol. The van der Waals surface area contributed by atoms with Crippen molar-refractivity contribution < 1.29 is 40.3 Å². The van der Waals surface area contributed by atoms with Crippen LogP contribution in [-0.2, 0) is 54.8 Å². The third-order valence-electron chi connectivity index (χ3n) is 8.65. The number of imidazole rings is 1. The average Bonchev–Trinajstić information content (AvgIpc) is 3.68. The van der Waals surface area contributed by atoms with Crippen LogP contribution in [0.5, 0.6) is 0 Å². The maximum absolute atomic E-state index is 13.9. The fourth-order valence-electron chi connectivity index (χ4n) is 6.04. The summed E-state index contributed by atoms with van der Waals surface area (Å²) in [6.45, 7) is 3.47. The van der Waals surface area contributed by atoms with Gasteiger partial charge in [-0.2, -0.15) is 13.2 Å². The van der Waals surface area contributed by atoms with E-state index in [2.05, 4.69) is 47.0 Å². The number of aromatic nitrogens is 5. The number of hydrogen-bond donors (Lipinski definition) is 2. The van der Waals surface area contributed by atoms with Crippen LogP contribution in [0.2, 0.25) is 0 Å². The normalized spacial score (nSPS) is 15.3. The SMILES string of the molecule is Cc1cn2c(n1)CN(C(=O)C[C@H](N)Cc1cc(F)c(Br)cc1F)CC2.N[C@@H](CC(=O)N1CCn2c(nnc2C(F)(F)F)C1)Cc1cc(F)c(Br)cc1F. The summed E-state index contributed by atoms with van der Waals surface area (Å²) in [5.41, 5.74) is 13.0. The first kappa shape index (κ1) is 40.3. The Bertz CT molecular complexity index is 1990. The summed E-state index contributed by atoms with van der Waals surface area (Å²) in [5, 5.41) is 6.65. The Hall–Kier alpha value is -3.88. The van der Waals surface area contributed by atoms with Crippen LogP contribution in [0.25, 0.3) is 0 Å². The summed E-state index contributed by atoms with van der Waals surface area (Å²) in [4.78, 5) is 32.3. The summed E-state index contributed by atoms with van der Waals surface area (Å²) in [5.74, 6) is -3.11. The minimum Gasteiger partial charge on any atom is -0.333 e. The molecule has 53 heavy (non-hydrogen) atoms. The second kappa shape index (κ2) is 16.6. The van der Waals surface area contributed by atoms with E-state index in [0.717, 1.165) is 40.4 Å². The van der Waals surface area contributed by atoms with Crippen molar-refractivity contribution in [1.82, 2.24) is 34.1 Å². The number of carbonyl (C=O) groups excluding carboxylic acids is 2. The lowest BCUT2D eigenvalue weighted by Gasteiger charge is -2.29. The van der Waals surface area contributed by atoms with Crippen LogP contribution in [0.15, 0.2) is 39.4 Å². The first-order chi connectivity index (χ1) is 24.9. The average molecular weight is 881 g/mol. The van der Waals surface area contributed by atoms with Gasteiger partial charge in [-0.3, -0.25) is 9.59 Å². The number of fused-ring (bicyclic) bond motifs is 2. The van der Waals surface area contributed by atoms with Crippen LogP contribution in [0, 0.1) is 30.2 Å². The Balaban J connectivity index is 0.000000206. The number of carbonyl (C=O) groups is 2. The van der Waals surface area contributed by atoms with Gasteiger partial charge < -0.3 is 30.4 Å². The van der Waals surface area contributed by atoms with Gasteiger partial charge in [-0.1, -0.05) is 0 Å². The molecule has 2 aromatic carbocycles. The zero-order valence-corrected chi connectivity index (χ0v) is 31.3. The van der Waals surface area contributed by atoms with Crippen molar-refractivity contribution in [2.45, 2.75) is 77.0 Å². The van der Waals surface area contributed by atoms with E-state index in [1.165, 1.54) is 4.90 Å². The molecule has 2 aliphatic heterocycles. The molecule has 0 aliphatic carbocycles. The van der Waals surface area contributed by atoms with E-state index in [1.807, 2.05) is 17.7 Å². The lowest BCUT2D eigenvalue weighted by atomic mass is 10.0. The highest BCUT2D eigenvalue weighted by Crippen LogP contribution is 2.30. The standard InChI is InChI=1S/C17H19BrF2N4O.C16H15BrF5N5O/c1-10-8-23-2-3-24(9-16(23)22-10)17(25)6-12(21)4-11-5-15(20)13(18)7-14(11)19;17-10-6-11(18)8(4-12(10)19)3-9(23)5-14(28)26-1-2-27-13(7-26)24-25-15(27)16(20,21)22/h5,7-8,12H,2-4,6,9,21H2,1H3;4,6,9H,1-3,5,7,23H2/t12-;9-/m11/s1. The number of nitrogens with zero attached hydrogens (tertiary/aromatic N) is 7. The number of halogens is 9. The van der Waals surface area contributed by atoms with Crippen molar-refractivity contribution in [3.05, 3.63) is 97.0 Å². The van der Waals surface area contributed by atoms with Gasteiger partial charge in [0.25, 0.3) is 0 Å². The number of benzene rings is 2. The largest absolute Gasteiger partial charge is 0.451 e. The van der Waals surface area contributed by atoms with Crippen molar-refractivity contribution in [2.75, 3.05) is 13.1 Å². The molecule has 2 aliphatic rings. The van der Waals surface area contributed by atoms with Gasteiger partial charge in [-0.15, -0.1) is 10.2 Å². The van der Waals surface area contributed by atoms with Crippen LogP contribution in [-0.4, -0.2) is 71.1 Å². The first-order valence-electron chi connectivity index (χ1n) is 16.2. The van der Waals surface area contributed by atoms with E-state index in [-0.39, 0.29) is 77.1 Å². The zero-order chi connectivity index (χ0) is 38.8. The minimum absolute atomic E-state index is 0.0194. The maximum Gasteiger partial charge on any atom is 0.451 e. The summed E-state index contributed by atoms with van der Waals surface area (Å²) in [6.07, 6.45) is -2.71. The van der Waals surface area contributed by atoms with E-state index in [0.29, 0.717) is 19.6 Å². The molecule has 2 atom stereocenters. The molecule has 4 aromatic rings. The molecule has 4 heterocycles. The molecule has 286 valence electrons. The topological polar surface area (TPSA) is 141 Å². The molecular formula is C33H34Br2F7N9O2. The molecule has 0 saturated heterocycles. The highest BCUT2D eigenvalue weighted by molar-refractivity contribution is 9.10. The van der Waals surface area contributed by atoms with Crippen LogP contribution in [0.4, 0.5) is 30.7 Å². The van der Waals surface area contributed by atoms with Gasteiger partial charge in [0.05, 0.1) is 27.7 Å². The predicted octanol–water partition coefficient (Wildman–Crippen LogP) is 5.17. The highest BCUT2D eigenvalue weighted by atomic mass is 79.9. The Labute approximate surface area is 315 Å². The molecule has 20 heteroatoms. The van der Waals surface area contributed by atoms with E-state index in [4.69, 9.17) is 11.5 Å². The number of amides is 2. The molecule has 11 nitrogen and oxygen atoms in total. The van der Waals surface area contributed by atoms with Crippen LogP contribution in [0.3, 0.4) is 0 Å². The molecule has 0 saturated carbocycles. The number of nitrogens with two attached hydrogens (primary N) is 2. The molecule has 0 bridgehead atoms. The van der Waals surface area contributed by atoms with E-state index >= 15 is 0 Å². The Morgan fingerprint density at radius 3 is 1.75 bits per heavy atom. The molecule has 6 rings (SSSR count). The quantitative estimate of drug-likeness (QED) is 0.184. The predicted molar refractivity (Wildman–Crippen MR) is 184 cm³/mol. The van der Waals surface area contributed by atoms with E-state index < -0.39 is 53.3 Å². The molecule has 0 fully saturated rings. The van der Waals surface area contributed by atoms with Gasteiger partial charge in [0, 0.05) is 57.3 Å². The second-order valence-electron chi connectivity index (χ2n) is 12.8. The van der Waals surface area contributed by atoms with Crippen LogP contribution >= 0.6 is 31.9 Å². The van der Waals surface area contributed by atoms with Gasteiger partial charge in [-0.05, 0) is 87.0 Å². The summed E-state index contributed by atoms with van der Waals surface area (Å²) >= 11 is 5.81. The smallest absolute Gasteiger partial charge is 0.333 e. The Morgan fingerprint density at radius 2 is 1.25 bits per heavy atom. The van der Waals surface area contributed by atoms with Gasteiger partial charge in [0.15, 0.2) is 5.82 Å². The van der Waals surface area contributed by atoms with Crippen LogP contribution < -0.4 is 11.5 Å². The van der Waals surface area contributed by atoms with E-state index in [1.54, 1.807) is 4.90 Å². The Kier molecular flexibility index (Phi) is 12.7. The minimum atomic E-state index is -4.62. The molecule has 0 unspecified atom stereocenters. The first-order valence-corrected chi connectivity index (χ1v) is 17.8. The van der Waals surface area contributed by atoms with Crippen molar-refractivity contribution in [2.24, 2.45) is 11.5 Å². The van der Waals surface area contributed by atoms with Crippen LogP contribution in [0.1, 0.15) is 47.1 Å². The molecule has 2 aromatic heterocycles. The fourth-order valence-corrected chi connectivity index (χ4v) is 6.68. The summed E-state index contributed by atoms with van der Waals surface area (Å²) < 4.78 is 96.5. The molecule has 2 amide bonds. The fraction of sp³-hybridized carbons (Fsp3) is 0.424. The van der Waals surface area contributed by atoms with Crippen molar-refractivity contribution in [1.29, 1.82) is 0 Å². The van der Waals surface area contributed by atoms with Crippen molar-refractivity contribution in [3.8, 4) is 0 Å². The van der Waals surface area contributed by atoms with Gasteiger partial charge in [0.2, 0.25) is 17.6 Å². The third-order valence-corrected chi connectivity index (χ3v) is 9.87. The van der Waals surface area contributed by atoms with Gasteiger partial charge in [0.1, 0.15) is 29.1 Å². The van der Waals surface area contributed by atoms with Crippen molar-refractivity contribution in [3.63, 3.8) is 0 Å². The lowest BCUT2D eigenvalue weighted by Crippen LogP contribution is -2.42. The number of rotatable bonds is 8. The maximum atomic E-state index is 13.9. The zero-order valence-electron chi connectivity index (χ0n) is 28.1. The summed E-state index contributed by atoms with van der Waals surface area (Å²) in [6, 6.07) is 2.82. The molecule has 0 spiro atoms. The number of aryl methyl sites for hydroxylation is 1. The molecule has 4 N–H and O–H groups in total. The highest BCUT2D eigenvalue weighted by Gasteiger charge is 2.40. The number of alkyl halides is 3. The Morgan fingerprint density at radius 1 is 0.755 bits per heavy atom. The molecule has 0 radical (unpaired) electrons. The number of hydrogen-bond acceptors (Lipinski definition) is 7. The monoisotopic (exact) mass is 879 g/mol. The summed E-state index contributed by atoms with van der Waals surface area (Å²) in [7, 11) is 0. The second-order valence-corrected chi connectivity index (χ2v) is 14.5. The van der Waals surface area contributed by atoms with Gasteiger partial charge >= 0.3 is 6.18 Å². The third kappa shape index (κ3) is 10.0.